The van der Waals surface area contributed by atoms with Crippen LogP contribution in [0.1, 0.15) is 32.8 Å². The van der Waals surface area contributed by atoms with Gasteiger partial charge in [-0.2, -0.15) is 0 Å². The lowest BCUT2D eigenvalue weighted by Crippen LogP contribution is -2.45. The Morgan fingerprint density at radius 2 is 1.94 bits per heavy atom. The highest BCUT2D eigenvalue weighted by molar-refractivity contribution is 7.94. The number of sulfonamides is 1. The van der Waals surface area contributed by atoms with E-state index in [4.69, 9.17) is 0 Å². The van der Waals surface area contributed by atoms with Crippen molar-refractivity contribution in [3.63, 3.8) is 0 Å². The van der Waals surface area contributed by atoms with Crippen molar-refractivity contribution in [1.82, 2.24) is 0 Å². The van der Waals surface area contributed by atoms with Gasteiger partial charge in [-0.15, -0.1) is 0 Å². The monoisotopic (exact) mass is 269 g/mol. The summed E-state index contributed by atoms with van der Waals surface area (Å²) in [5.74, 6) is 0.0417. The predicted molar refractivity (Wildman–Crippen MR) is 72.4 cm³/mol. The van der Waals surface area contributed by atoms with E-state index in [0.717, 1.165) is 18.4 Å². The summed E-state index contributed by atoms with van der Waals surface area (Å²) >= 11 is 0. The number of para-hydroxylation sites is 1. The first-order valence-electron chi connectivity index (χ1n) is 6.08. The zero-order chi connectivity index (χ0) is 13.6. The number of phenols is 1. The molecule has 5 heteroatoms. The van der Waals surface area contributed by atoms with Crippen LogP contribution in [0.5, 0.6) is 5.75 Å². The number of anilines is 1. The zero-order valence-electron chi connectivity index (χ0n) is 11.0. The molecule has 18 heavy (non-hydrogen) atoms. The summed E-state index contributed by atoms with van der Waals surface area (Å²) in [5, 5.41) is 9.95. The van der Waals surface area contributed by atoms with E-state index >= 15 is 0 Å². The summed E-state index contributed by atoms with van der Waals surface area (Å²) in [7, 11) is -3.46. The Hall–Kier alpha value is -1.23. The van der Waals surface area contributed by atoms with Gasteiger partial charge in [-0.1, -0.05) is 12.1 Å². The van der Waals surface area contributed by atoms with Crippen LogP contribution in [0.3, 0.4) is 0 Å². The van der Waals surface area contributed by atoms with Gasteiger partial charge in [0.15, 0.2) is 0 Å². The standard InChI is InChI=1S/C13H19NO3S/c1-13(2,3)18(16,17)14-9-5-7-10-6-4-8-11(15)12(10)14/h4,6,8,15H,5,7,9H2,1-3H3. The minimum atomic E-state index is -3.46. The first-order valence-corrected chi connectivity index (χ1v) is 7.52. The second-order valence-electron chi connectivity index (χ2n) is 5.58. The van der Waals surface area contributed by atoms with Gasteiger partial charge in [-0.25, -0.2) is 8.42 Å². The number of aromatic hydroxyl groups is 1. The highest BCUT2D eigenvalue weighted by atomic mass is 32.2. The molecule has 0 unspecified atom stereocenters. The topological polar surface area (TPSA) is 57.6 Å². The van der Waals surface area contributed by atoms with Gasteiger partial charge >= 0.3 is 0 Å². The van der Waals surface area contributed by atoms with E-state index in [-0.39, 0.29) is 5.75 Å². The molecular formula is C13H19NO3S. The molecule has 1 aliphatic rings. The largest absolute Gasteiger partial charge is 0.506 e. The van der Waals surface area contributed by atoms with Crippen LogP contribution in [0.15, 0.2) is 18.2 Å². The van der Waals surface area contributed by atoms with Crippen molar-refractivity contribution in [3.8, 4) is 5.75 Å². The van der Waals surface area contributed by atoms with Gasteiger partial charge in [0.2, 0.25) is 10.0 Å². The number of fused-ring (bicyclic) bond motifs is 1. The number of aryl methyl sites for hydroxylation is 1. The molecule has 0 fully saturated rings. The number of hydrogen-bond acceptors (Lipinski definition) is 3. The highest BCUT2D eigenvalue weighted by Gasteiger charge is 2.38. The lowest BCUT2D eigenvalue weighted by molar-refractivity contribution is 0.472. The van der Waals surface area contributed by atoms with Crippen molar-refractivity contribution in [2.24, 2.45) is 0 Å². The molecule has 100 valence electrons. The average molecular weight is 269 g/mol. The average Bonchev–Trinajstić information content (AvgIpc) is 2.27. The number of benzene rings is 1. The first-order chi connectivity index (χ1) is 8.25. The van der Waals surface area contributed by atoms with Gasteiger partial charge in [0.1, 0.15) is 5.75 Å². The maximum atomic E-state index is 12.5. The van der Waals surface area contributed by atoms with Crippen LogP contribution in [0.2, 0.25) is 0 Å². The maximum absolute atomic E-state index is 12.5. The van der Waals surface area contributed by atoms with Crippen LogP contribution < -0.4 is 4.31 Å². The smallest absolute Gasteiger partial charge is 0.240 e. The van der Waals surface area contributed by atoms with Crippen LogP contribution in [0.4, 0.5) is 5.69 Å². The third-order valence-electron chi connectivity index (χ3n) is 3.22. The fourth-order valence-electron chi connectivity index (χ4n) is 2.16. The van der Waals surface area contributed by atoms with Crippen LogP contribution in [-0.2, 0) is 16.4 Å². The van der Waals surface area contributed by atoms with Crippen molar-refractivity contribution < 1.29 is 13.5 Å². The second kappa shape index (κ2) is 4.16. The van der Waals surface area contributed by atoms with Crippen molar-refractivity contribution in [2.45, 2.75) is 38.4 Å². The third-order valence-corrected chi connectivity index (χ3v) is 5.71. The number of nitrogens with zero attached hydrogens (tertiary/aromatic N) is 1. The van der Waals surface area contributed by atoms with Crippen LogP contribution >= 0.6 is 0 Å². The third kappa shape index (κ3) is 1.96. The normalized spacial score (nSPS) is 16.5. The van der Waals surface area contributed by atoms with E-state index in [2.05, 4.69) is 0 Å². The van der Waals surface area contributed by atoms with Gasteiger partial charge in [0, 0.05) is 6.54 Å². The molecule has 0 aliphatic carbocycles. The molecule has 0 saturated heterocycles. The Kier molecular flexibility index (Phi) is 3.05. The van der Waals surface area contributed by atoms with E-state index in [1.54, 1.807) is 26.8 Å². The van der Waals surface area contributed by atoms with Crippen molar-refractivity contribution in [2.75, 3.05) is 10.8 Å². The molecule has 2 rings (SSSR count). The SMILES string of the molecule is CC(C)(C)S(=O)(=O)N1CCCc2cccc(O)c21. The van der Waals surface area contributed by atoms with Crippen molar-refractivity contribution >= 4 is 15.7 Å². The summed E-state index contributed by atoms with van der Waals surface area (Å²) < 4.78 is 25.6. The Labute approximate surface area is 108 Å². The maximum Gasteiger partial charge on any atom is 0.240 e. The Bertz CT molecular complexity index is 558. The quantitative estimate of drug-likeness (QED) is 0.851. The Morgan fingerprint density at radius 1 is 1.28 bits per heavy atom. The fraction of sp³-hybridized carbons (Fsp3) is 0.538. The van der Waals surface area contributed by atoms with Gasteiger partial charge in [0.05, 0.1) is 10.4 Å². The second-order valence-corrected chi connectivity index (χ2v) is 8.19. The van der Waals surface area contributed by atoms with Crippen LogP contribution in [0.25, 0.3) is 0 Å². The van der Waals surface area contributed by atoms with Gasteiger partial charge in [-0.3, -0.25) is 4.31 Å². The number of rotatable bonds is 1. The molecule has 1 aromatic carbocycles. The summed E-state index contributed by atoms with van der Waals surface area (Å²) in [6, 6.07) is 5.16. The zero-order valence-corrected chi connectivity index (χ0v) is 11.8. The van der Waals surface area contributed by atoms with E-state index in [1.807, 2.05) is 6.07 Å². The van der Waals surface area contributed by atoms with E-state index < -0.39 is 14.8 Å². The molecule has 0 bridgehead atoms. The fourth-order valence-corrected chi connectivity index (χ4v) is 3.65. The Morgan fingerprint density at radius 3 is 2.56 bits per heavy atom. The predicted octanol–water partition coefficient (Wildman–Crippen LogP) is 2.27. The Balaban J connectivity index is 2.59. The summed E-state index contributed by atoms with van der Waals surface area (Å²) in [4.78, 5) is 0. The lowest BCUT2D eigenvalue weighted by Gasteiger charge is -2.35. The van der Waals surface area contributed by atoms with E-state index in [0.29, 0.717) is 12.2 Å². The summed E-state index contributed by atoms with van der Waals surface area (Å²) in [6.07, 6.45) is 1.59. The van der Waals surface area contributed by atoms with Gasteiger partial charge in [-0.05, 0) is 45.2 Å². The molecule has 4 nitrogen and oxygen atoms in total. The van der Waals surface area contributed by atoms with Gasteiger partial charge in [0.25, 0.3) is 0 Å². The molecule has 0 atom stereocenters. The molecule has 1 aromatic rings. The molecule has 0 spiro atoms. The van der Waals surface area contributed by atoms with E-state index in [9.17, 15) is 13.5 Å². The van der Waals surface area contributed by atoms with Crippen molar-refractivity contribution in [1.29, 1.82) is 0 Å². The molecule has 1 heterocycles. The molecule has 0 radical (unpaired) electrons. The summed E-state index contributed by atoms with van der Waals surface area (Å²) in [5.41, 5.74) is 1.35. The lowest BCUT2D eigenvalue weighted by atomic mass is 10.0. The minimum absolute atomic E-state index is 0.0417. The number of phenolic OH excluding ortho intramolecular Hbond substituents is 1. The van der Waals surface area contributed by atoms with Crippen LogP contribution in [-0.4, -0.2) is 24.8 Å². The van der Waals surface area contributed by atoms with Gasteiger partial charge < -0.3 is 5.11 Å². The van der Waals surface area contributed by atoms with Crippen molar-refractivity contribution in [3.05, 3.63) is 23.8 Å². The first kappa shape index (κ1) is 13.2. The molecular weight excluding hydrogens is 250 g/mol. The molecule has 0 aromatic heterocycles. The minimum Gasteiger partial charge on any atom is -0.506 e. The summed E-state index contributed by atoms with van der Waals surface area (Å²) in [6.45, 7) is 5.47. The molecule has 0 amide bonds. The van der Waals surface area contributed by atoms with Crippen LogP contribution in [0, 0.1) is 0 Å². The number of hydrogen-bond donors (Lipinski definition) is 1. The molecule has 0 saturated carbocycles. The molecule has 1 N–H and O–H groups in total. The molecule has 1 aliphatic heterocycles. The highest BCUT2D eigenvalue weighted by Crippen LogP contribution is 2.39. The van der Waals surface area contributed by atoms with E-state index in [1.165, 1.54) is 10.4 Å².